The molecule has 0 amide bonds. The van der Waals surface area contributed by atoms with E-state index in [0.717, 1.165) is 11.5 Å². The highest BCUT2D eigenvalue weighted by atomic mass is 19.1. The van der Waals surface area contributed by atoms with Crippen LogP contribution in [0.15, 0.2) is 24.3 Å². The fourth-order valence-corrected chi connectivity index (χ4v) is 2.69. The van der Waals surface area contributed by atoms with Crippen LogP contribution in [0.1, 0.15) is 50.5 Å². The molecule has 0 aromatic heterocycles. The summed E-state index contributed by atoms with van der Waals surface area (Å²) in [6.45, 7) is 2.26. The molecule has 1 aromatic carbocycles. The van der Waals surface area contributed by atoms with E-state index in [1.807, 2.05) is 12.1 Å². The van der Waals surface area contributed by atoms with Crippen molar-refractivity contribution in [3.63, 3.8) is 0 Å². The standard InChI is InChI=1S/C14H19F/c1-2-11-7-9-12(10-8-11)13-5-3-4-6-14(13)15/h3-6,11-12H,2,7-10H2,1H3. The summed E-state index contributed by atoms with van der Waals surface area (Å²) < 4.78 is 13.6. The van der Waals surface area contributed by atoms with Gasteiger partial charge in [-0.3, -0.25) is 0 Å². The van der Waals surface area contributed by atoms with Crippen LogP contribution in [0.2, 0.25) is 0 Å². The predicted molar refractivity (Wildman–Crippen MR) is 61.4 cm³/mol. The summed E-state index contributed by atoms with van der Waals surface area (Å²) in [7, 11) is 0. The zero-order chi connectivity index (χ0) is 10.7. The summed E-state index contributed by atoms with van der Waals surface area (Å²) >= 11 is 0. The highest BCUT2D eigenvalue weighted by Crippen LogP contribution is 2.37. The Morgan fingerprint density at radius 1 is 1.13 bits per heavy atom. The summed E-state index contributed by atoms with van der Waals surface area (Å²) in [6.07, 6.45) is 6.16. The number of rotatable bonds is 2. The first kappa shape index (κ1) is 10.7. The van der Waals surface area contributed by atoms with Crippen molar-refractivity contribution in [2.24, 2.45) is 5.92 Å². The molecule has 0 bridgehead atoms. The Morgan fingerprint density at radius 3 is 2.40 bits per heavy atom. The average molecular weight is 206 g/mol. The van der Waals surface area contributed by atoms with Crippen molar-refractivity contribution in [3.8, 4) is 0 Å². The van der Waals surface area contributed by atoms with Crippen LogP contribution >= 0.6 is 0 Å². The molecule has 0 unspecified atom stereocenters. The molecule has 2 rings (SSSR count). The summed E-state index contributed by atoms with van der Waals surface area (Å²) in [6, 6.07) is 7.26. The van der Waals surface area contributed by atoms with Gasteiger partial charge in [-0.25, -0.2) is 4.39 Å². The molecule has 0 atom stereocenters. The fourth-order valence-electron chi connectivity index (χ4n) is 2.69. The maximum Gasteiger partial charge on any atom is 0.126 e. The molecule has 0 heterocycles. The van der Waals surface area contributed by atoms with Crippen LogP contribution < -0.4 is 0 Å². The van der Waals surface area contributed by atoms with E-state index in [1.165, 1.54) is 32.1 Å². The van der Waals surface area contributed by atoms with Gasteiger partial charge in [0.25, 0.3) is 0 Å². The second kappa shape index (κ2) is 4.78. The van der Waals surface area contributed by atoms with Gasteiger partial charge in [0.2, 0.25) is 0 Å². The summed E-state index contributed by atoms with van der Waals surface area (Å²) in [5.74, 6) is 1.33. The minimum absolute atomic E-state index is 0.0163. The van der Waals surface area contributed by atoms with Gasteiger partial charge in [0.15, 0.2) is 0 Å². The summed E-state index contributed by atoms with van der Waals surface area (Å²) in [5.41, 5.74) is 0.937. The molecule has 0 N–H and O–H groups in total. The van der Waals surface area contributed by atoms with Gasteiger partial charge in [0.05, 0.1) is 0 Å². The van der Waals surface area contributed by atoms with Crippen molar-refractivity contribution in [1.82, 2.24) is 0 Å². The minimum atomic E-state index is -0.0163. The predicted octanol–water partition coefficient (Wildman–Crippen LogP) is 4.51. The van der Waals surface area contributed by atoms with Crippen LogP contribution in [0.25, 0.3) is 0 Å². The molecular weight excluding hydrogens is 187 g/mol. The Bertz CT molecular complexity index is 311. The van der Waals surface area contributed by atoms with Crippen LogP contribution in [0.3, 0.4) is 0 Å². The van der Waals surface area contributed by atoms with Gasteiger partial charge in [-0.15, -0.1) is 0 Å². The number of hydrogen-bond acceptors (Lipinski definition) is 0. The van der Waals surface area contributed by atoms with Gasteiger partial charge in [-0.2, -0.15) is 0 Å². The fraction of sp³-hybridized carbons (Fsp3) is 0.571. The molecule has 1 aromatic rings. The molecule has 1 fully saturated rings. The third-order valence-corrected chi connectivity index (χ3v) is 3.77. The number of hydrogen-bond donors (Lipinski definition) is 0. The maximum absolute atomic E-state index is 13.6. The first-order valence-corrected chi connectivity index (χ1v) is 6.05. The second-order valence-electron chi connectivity index (χ2n) is 4.65. The zero-order valence-corrected chi connectivity index (χ0v) is 9.38. The molecule has 0 saturated heterocycles. The highest BCUT2D eigenvalue weighted by Gasteiger charge is 2.22. The van der Waals surface area contributed by atoms with E-state index < -0.39 is 0 Å². The Kier molecular flexibility index (Phi) is 3.40. The van der Waals surface area contributed by atoms with Crippen LogP contribution in [-0.2, 0) is 0 Å². The molecule has 0 spiro atoms. The van der Waals surface area contributed by atoms with Crippen molar-refractivity contribution >= 4 is 0 Å². The van der Waals surface area contributed by atoms with Crippen LogP contribution in [-0.4, -0.2) is 0 Å². The van der Waals surface area contributed by atoms with Gasteiger partial charge in [-0.1, -0.05) is 31.5 Å². The maximum atomic E-state index is 13.6. The van der Waals surface area contributed by atoms with Crippen molar-refractivity contribution < 1.29 is 4.39 Å². The van der Waals surface area contributed by atoms with E-state index in [-0.39, 0.29) is 5.82 Å². The quantitative estimate of drug-likeness (QED) is 0.668. The summed E-state index contributed by atoms with van der Waals surface area (Å²) in [5, 5.41) is 0. The molecule has 1 aliphatic carbocycles. The molecular formula is C14H19F. The zero-order valence-electron chi connectivity index (χ0n) is 9.38. The average Bonchev–Trinajstić information content (AvgIpc) is 2.30. The largest absolute Gasteiger partial charge is 0.207 e. The van der Waals surface area contributed by atoms with E-state index in [0.29, 0.717) is 5.92 Å². The smallest absolute Gasteiger partial charge is 0.126 e. The topological polar surface area (TPSA) is 0 Å². The lowest BCUT2D eigenvalue weighted by Crippen LogP contribution is -2.13. The molecule has 1 heteroatoms. The first-order valence-electron chi connectivity index (χ1n) is 6.05. The third kappa shape index (κ3) is 2.39. The van der Waals surface area contributed by atoms with E-state index in [2.05, 4.69) is 6.92 Å². The lowest BCUT2D eigenvalue weighted by atomic mass is 9.78. The lowest BCUT2D eigenvalue weighted by molar-refractivity contribution is 0.314. The van der Waals surface area contributed by atoms with E-state index in [9.17, 15) is 4.39 Å². The minimum Gasteiger partial charge on any atom is -0.207 e. The SMILES string of the molecule is CCC1CCC(c2ccccc2F)CC1. The molecule has 0 radical (unpaired) electrons. The van der Waals surface area contributed by atoms with Crippen LogP contribution in [0.4, 0.5) is 4.39 Å². The van der Waals surface area contributed by atoms with Crippen molar-refractivity contribution in [3.05, 3.63) is 35.6 Å². The Labute approximate surface area is 91.5 Å². The summed E-state index contributed by atoms with van der Waals surface area (Å²) in [4.78, 5) is 0. The molecule has 0 nitrogen and oxygen atoms in total. The number of benzene rings is 1. The molecule has 1 aliphatic rings. The Morgan fingerprint density at radius 2 is 1.80 bits per heavy atom. The Hall–Kier alpha value is -0.850. The second-order valence-corrected chi connectivity index (χ2v) is 4.65. The normalized spacial score (nSPS) is 26.5. The van der Waals surface area contributed by atoms with E-state index >= 15 is 0 Å². The van der Waals surface area contributed by atoms with Gasteiger partial charge in [0, 0.05) is 0 Å². The highest BCUT2D eigenvalue weighted by molar-refractivity contribution is 5.22. The number of halogens is 1. The molecule has 82 valence electrons. The molecule has 0 aliphatic heterocycles. The third-order valence-electron chi connectivity index (χ3n) is 3.77. The van der Waals surface area contributed by atoms with E-state index in [1.54, 1.807) is 12.1 Å². The van der Waals surface area contributed by atoms with Gasteiger partial charge in [-0.05, 0) is 49.1 Å². The van der Waals surface area contributed by atoms with Gasteiger partial charge in [0.1, 0.15) is 5.82 Å². The first-order chi connectivity index (χ1) is 7.31. The van der Waals surface area contributed by atoms with Crippen LogP contribution in [0.5, 0.6) is 0 Å². The van der Waals surface area contributed by atoms with Crippen LogP contribution in [0, 0.1) is 11.7 Å². The molecule has 15 heavy (non-hydrogen) atoms. The van der Waals surface area contributed by atoms with Crippen molar-refractivity contribution in [2.75, 3.05) is 0 Å². The molecule has 1 saturated carbocycles. The van der Waals surface area contributed by atoms with Gasteiger partial charge < -0.3 is 0 Å². The van der Waals surface area contributed by atoms with Crippen molar-refractivity contribution in [2.45, 2.75) is 44.9 Å². The monoisotopic (exact) mass is 206 g/mol. The van der Waals surface area contributed by atoms with Gasteiger partial charge >= 0.3 is 0 Å². The Balaban J connectivity index is 2.04. The van der Waals surface area contributed by atoms with Crippen molar-refractivity contribution in [1.29, 1.82) is 0 Å². The van der Waals surface area contributed by atoms with E-state index in [4.69, 9.17) is 0 Å². The lowest BCUT2D eigenvalue weighted by Gasteiger charge is -2.28.